The van der Waals surface area contributed by atoms with Gasteiger partial charge in [-0.1, -0.05) is 0 Å². The maximum atomic E-state index is 11.8. The van der Waals surface area contributed by atoms with Gasteiger partial charge in [0.15, 0.2) is 0 Å². The molecule has 0 aromatic carbocycles. The zero-order valence-electron chi connectivity index (χ0n) is 10.7. The van der Waals surface area contributed by atoms with Crippen LogP contribution in [0, 0.1) is 0 Å². The van der Waals surface area contributed by atoms with E-state index in [9.17, 15) is 9.59 Å². The molecule has 2 unspecified atom stereocenters. The third-order valence-corrected chi connectivity index (χ3v) is 2.87. The van der Waals surface area contributed by atoms with E-state index in [0.717, 1.165) is 0 Å². The molecule has 7 heteroatoms. The summed E-state index contributed by atoms with van der Waals surface area (Å²) in [6, 6.07) is -1.20. The summed E-state index contributed by atoms with van der Waals surface area (Å²) in [7, 11) is 1.51. The van der Waals surface area contributed by atoms with Crippen LogP contribution in [0.15, 0.2) is 0 Å². The molecule has 0 radical (unpaired) electrons. The number of ether oxygens (including phenoxy) is 2. The summed E-state index contributed by atoms with van der Waals surface area (Å²) in [5, 5.41) is 11.7. The highest BCUT2D eigenvalue weighted by molar-refractivity contribution is 5.83. The van der Waals surface area contributed by atoms with Gasteiger partial charge in [0.25, 0.3) is 0 Å². The molecule has 1 saturated heterocycles. The van der Waals surface area contributed by atoms with Crippen LogP contribution in [-0.2, 0) is 14.3 Å². The number of carboxylic acids is 1. The van der Waals surface area contributed by atoms with Gasteiger partial charge < -0.3 is 24.8 Å². The number of methoxy groups -OCH3 is 1. The van der Waals surface area contributed by atoms with Gasteiger partial charge in [0.1, 0.15) is 6.04 Å². The van der Waals surface area contributed by atoms with Crippen molar-refractivity contribution in [2.24, 2.45) is 0 Å². The molecule has 0 aromatic heterocycles. The van der Waals surface area contributed by atoms with Gasteiger partial charge in [-0.05, 0) is 6.92 Å². The lowest BCUT2D eigenvalue weighted by Crippen LogP contribution is -2.46. The van der Waals surface area contributed by atoms with Gasteiger partial charge >= 0.3 is 12.0 Å². The van der Waals surface area contributed by atoms with Crippen LogP contribution in [0.5, 0.6) is 0 Å². The Morgan fingerprint density at radius 1 is 1.50 bits per heavy atom. The van der Waals surface area contributed by atoms with Crippen molar-refractivity contribution in [1.82, 2.24) is 10.2 Å². The highest BCUT2D eigenvalue weighted by Crippen LogP contribution is 2.20. The summed E-state index contributed by atoms with van der Waals surface area (Å²) in [6.07, 6.45) is 0.105. The van der Waals surface area contributed by atoms with Crippen molar-refractivity contribution in [3.63, 3.8) is 0 Å². The molecule has 0 aliphatic carbocycles. The number of carbonyl (C=O) groups is 2. The van der Waals surface area contributed by atoms with Crippen LogP contribution >= 0.6 is 0 Å². The SMILES string of the molecule is CCOCCNC(=O)N1CC(OC)CC1C(=O)O. The number of nitrogens with one attached hydrogen (secondary N) is 1. The van der Waals surface area contributed by atoms with Gasteiger partial charge in [0.2, 0.25) is 0 Å². The summed E-state index contributed by atoms with van der Waals surface area (Å²) in [6.45, 7) is 3.54. The summed E-state index contributed by atoms with van der Waals surface area (Å²) >= 11 is 0. The predicted octanol–water partition coefficient (Wildman–Crippen LogP) is -0.0936. The third kappa shape index (κ3) is 3.85. The average molecular weight is 260 g/mol. The van der Waals surface area contributed by atoms with E-state index >= 15 is 0 Å². The fourth-order valence-electron chi connectivity index (χ4n) is 1.90. The fraction of sp³-hybridized carbons (Fsp3) is 0.818. The van der Waals surface area contributed by atoms with Crippen LogP contribution in [0.25, 0.3) is 0 Å². The van der Waals surface area contributed by atoms with E-state index in [1.54, 1.807) is 0 Å². The fourth-order valence-corrected chi connectivity index (χ4v) is 1.90. The third-order valence-electron chi connectivity index (χ3n) is 2.87. The van der Waals surface area contributed by atoms with E-state index in [0.29, 0.717) is 32.7 Å². The second-order valence-electron chi connectivity index (χ2n) is 4.03. The molecule has 2 N–H and O–H groups in total. The summed E-state index contributed by atoms with van der Waals surface area (Å²) in [4.78, 5) is 24.2. The zero-order chi connectivity index (χ0) is 13.5. The lowest BCUT2D eigenvalue weighted by atomic mass is 10.2. The zero-order valence-corrected chi connectivity index (χ0v) is 10.7. The molecule has 1 heterocycles. The number of aliphatic carboxylic acids is 1. The number of rotatable bonds is 6. The Hall–Kier alpha value is -1.34. The number of hydrogen-bond donors (Lipinski definition) is 2. The molecule has 2 atom stereocenters. The van der Waals surface area contributed by atoms with Crippen molar-refractivity contribution < 1.29 is 24.2 Å². The van der Waals surface area contributed by atoms with Crippen LogP contribution in [0.3, 0.4) is 0 Å². The molecular formula is C11H20N2O5. The number of nitrogens with zero attached hydrogens (tertiary/aromatic N) is 1. The highest BCUT2D eigenvalue weighted by Gasteiger charge is 2.39. The van der Waals surface area contributed by atoms with Crippen molar-refractivity contribution in [1.29, 1.82) is 0 Å². The first-order chi connectivity index (χ1) is 8.60. The molecule has 0 aromatic rings. The number of carboxylic acid groups (broad SMARTS) is 1. The van der Waals surface area contributed by atoms with Crippen LogP contribution in [0.4, 0.5) is 4.79 Å². The molecule has 0 bridgehead atoms. The normalized spacial score (nSPS) is 23.1. The monoisotopic (exact) mass is 260 g/mol. The van der Waals surface area contributed by atoms with E-state index in [1.165, 1.54) is 12.0 Å². The standard InChI is InChI=1S/C11H20N2O5/c1-3-18-5-4-12-11(16)13-7-8(17-2)6-9(13)10(14)15/h8-9H,3-7H2,1-2H3,(H,12,16)(H,14,15). The van der Waals surface area contributed by atoms with Gasteiger partial charge in [0.05, 0.1) is 12.7 Å². The number of hydrogen-bond acceptors (Lipinski definition) is 4. The minimum Gasteiger partial charge on any atom is -0.480 e. The predicted molar refractivity (Wildman–Crippen MR) is 63.4 cm³/mol. The van der Waals surface area contributed by atoms with E-state index in [2.05, 4.69) is 5.32 Å². The van der Waals surface area contributed by atoms with Crippen molar-refractivity contribution in [3.8, 4) is 0 Å². The van der Waals surface area contributed by atoms with Gasteiger partial charge in [-0.2, -0.15) is 0 Å². The number of amides is 2. The number of likely N-dealkylation sites (tertiary alicyclic amines) is 1. The molecular weight excluding hydrogens is 240 g/mol. The molecule has 1 fully saturated rings. The molecule has 2 amide bonds. The van der Waals surface area contributed by atoms with Gasteiger partial charge in [-0.3, -0.25) is 0 Å². The van der Waals surface area contributed by atoms with Crippen LogP contribution in [-0.4, -0.2) is 67.6 Å². The summed E-state index contributed by atoms with van der Waals surface area (Å²) in [5.41, 5.74) is 0. The van der Waals surface area contributed by atoms with Gasteiger partial charge in [-0.15, -0.1) is 0 Å². The minimum atomic E-state index is -1.01. The first-order valence-corrected chi connectivity index (χ1v) is 5.98. The first-order valence-electron chi connectivity index (χ1n) is 5.98. The molecule has 18 heavy (non-hydrogen) atoms. The molecule has 0 spiro atoms. The molecule has 0 saturated carbocycles. The quantitative estimate of drug-likeness (QED) is 0.651. The number of urea groups is 1. The van der Waals surface area contributed by atoms with Crippen LogP contribution in [0.1, 0.15) is 13.3 Å². The van der Waals surface area contributed by atoms with Gasteiger partial charge in [0, 0.05) is 33.2 Å². The largest absolute Gasteiger partial charge is 0.480 e. The van der Waals surface area contributed by atoms with Crippen LogP contribution in [0.2, 0.25) is 0 Å². The molecule has 104 valence electrons. The lowest BCUT2D eigenvalue weighted by molar-refractivity contribution is -0.141. The Bertz CT molecular complexity index is 297. The Kier molecular flexibility index (Phi) is 5.87. The minimum absolute atomic E-state index is 0.219. The second-order valence-corrected chi connectivity index (χ2v) is 4.03. The molecule has 1 rings (SSSR count). The van der Waals surface area contributed by atoms with Crippen molar-refractivity contribution >= 4 is 12.0 Å². The Morgan fingerprint density at radius 3 is 2.78 bits per heavy atom. The van der Waals surface area contributed by atoms with E-state index in [-0.39, 0.29) is 12.1 Å². The molecule has 7 nitrogen and oxygen atoms in total. The Morgan fingerprint density at radius 2 is 2.22 bits per heavy atom. The van der Waals surface area contributed by atoms with E-state index in [1.807, 2.05) is 6.92 Å². The molecule has 1 aliphatic heterocycles. The lowest BCUT2D eigenvalue weighted by Gasteiger charge is -2.21. The topological polar surface area (TPSA) is 88.1 Å². The van der Waals surface area contributed by atoms with Crippen LogP contribution < -0.4 is 5.32 Å². The second kappa shape index (κ2) is 7.17. The van der Waals surface area contributed by atoms with Crippen molar-refractivity contribution in [2.45, 2.75) is 25.5 Å². The highest BCUT2D eigenvalue weighted by atomic mass is 16.5. The Balaban J connectivity index is 2.46. The summed E-state index contributed by atoms with van der Waals surface area (Å²) in [5.74, 6) is -1.01. The van der Waals surface area contributed by atoms with Gasteiger partial charge in [-0.25, -0.2) is 9.59 Å². The molecule has 1 aliphatic rings. The number of carbonyl (C=O) groups excluding carboxylic acids is 1. The van der Waals surface area contributed by atoms with Crippen molar-refractivity contribution in [2.75, 3.05) is 33.4 Å². The maximum absolute atomic E-state index is 11.8. The van der Waals surface area contributed by atoms with Crippen molar-refractivity contribution in [3.05, 3.63) is 0 Å². The average Bonchev–Trinajstić information content (AvgIpc) is 2.78. The smallest absolute Gasteiger partial charge is 0.326 e. The summed E-state index contributed by atoms with van der Waals surface area (Å²) < 4.78 is 10.2. The van der Waals surface area contributed by atoms with E-state index in [4.69, 9.17) is 14.6 Å². The van der Waals surface area contributed by atoms with E-state index < -0.39 is 12.0 Å². The first kappa shape index (κ1) is 14.7. The Labute approximate surface area is 106 Å². The maximum Gasteiger partial charge on any atom is 0.326 e.